The Bertz CT molecular complexity index is 1280. The Morgan fingerprint density at radius 2 is 1.89 bits per heavy atom. The molecule has 2 aliphatic rings. The van der Waals surface area contributed by atoms with Gasteiger partial charge in [0.15, 0.2) is 0 Å². The normalized spacial score (nSPS) is 19.2. The number of benzene rings is 2. The summed E-state index contributed by atoms with van der Waals surface area (Å²) in [5.41, 5.74) is 1.95. The van der Waals surface area contributed by atoms with E-state index in [1.54, 1.807) is 12.5 Å². The van der Waals surface area contributed by atoms with Crippen molar-refractivity contribution in [3.63, 3.8) is 0 Å². The Hall–Kier alpha value is -3.50. The standard InChI is InChI=1S/C25H22N4O4S2/c30-20(12-16-4-2-1-3-5-16)27-21-23(31)29-22(25(32)33)19(14-34-24(21)29)35-18-8-6-17(7-9-18)13-28-11-10-26-15-28/h1-11,15,21,24H,12-14H2,(H,27,30)(H,32,33)/t21-,24-/m1/s1. The maximum absolute atomic E-state index is 12.9. The molecule has 0 unspecified atom stereocenters. The number of hydrogen-bond acceptors (Lipinski definition) is 6. The molecule has 0 spiro atoms. The van der Waals surface area contributed by atoms with Crippen LogP contribution in [0.4, 0.5) is 0 Å². The number of aliphatic carboxylic acids is 1. The monoisotopic (exact) mass is 506 g/mol. The van der Waals surface area contributed by atoms with Crippen molar-refractivity contribution in [2.24, 2.45) is 0 Å². The molecular formula is C25H22N4O4S2. The molecule has 0 saturated carbocycles. The summed E-state index contributed by atoms with van der Waals surface area (Å²) < 4.78 is 1.97. The van der Waals surface area contributed by atoms with Gasteiger partial charge in [-0.05, 0) is 23.3 Å². The zero-order chi connectivity index (χ0) is 24.4. The third kappa shape index (κ3) is 4.98. The third-order valence-electron chi connectivity index (χ3n) is 5.75. The van der Waals surface area contributed by atoms with Gasteiger partial charge in [0.25, 0.3) is 5.91 Å². The highest BCUT2D eigenvalue weighted by Gasteiger charge is 2.54. The van der Waals surface area contributed by atoms with E-state index in [0.29, 0.717) is 17.2 Å². The maximum atomic E-state index is 12.9. The first kappa shape index (κ1) is 23.3. The Balaban J connectivity index is 1.26. The molecule has 2 N–H and O–H groups in total. The number of nitrogens with zero attached hydrogens (tertiary/aromatic N) is 3. The number of thioether (sulfide) groups is 2. The first-order valence-corrected chi connectivity index (χ1v) is 12.8. The van der Waals surface area contributed by atoms with Crippen molar-refractivity contribution >= 4 is 41.3 Å². The second kappa shape index (κ2) is 10.0. The van der Waals surface area contributed by atoms with Crippen molar-refractivity contribution in [3.8, 4) is 0 Å². The molecule has 2 atom stereocenters. The number of carboxylic acids is 1. The molecule has 3 heterocycles. The third-order valence-corrected chi connectivity index (χ3v) is 8.30. The molecule has 8 nitrogen and oxygen atoms in total. The van der Waals surface area contributed by atoms with Crippen molar-refractivity contribution in [2.45, 2.75) is 29.3 Å². The lowest BCUT2D eigenvalue weighted by Gasteiger charge is -2.49. The molecule has 1 saturated heterocycles. The van der Waals surface area contributed by atoms with E-state index in [1.165, 1.54) is 28.4 Å². The van der Waals surface area contributed by atoms with Crippen molar-refractivity contribution in [1.82, 2.24) is 19.8 Å². The number of fused-ring (bicyclic) bond motifs is 1. The van der Waals surface area contributed by atoms with Crippen LogP contribution >= 0.6 is 23.5 Å². The van der Waals surface area contributed by atoms with Crippen molar-refractivity contribution < 1.29 is 19.5 Å². The molecule has 178 valence electrons. The van der Waals surface area contributed by atoms with Gasteiger partial charge < -0.3 is 15.0 Å². The summed E-state index contributed by atoms with van der Waals surface area (Å²) in [6, 6.07) is 16.4. The lowest BCUT2D eigenvalue weighted by atomic mass is 10.0. The summed E-state index contributed by atoms with van der Waals surface area (Å²) in [7, 11) is 0. The highest BCUT2D eigenvalue weighted by atomic mass is 32.2. The van der Waals surface area contributed by atoms with Gasteiger partial charge in [0, 0.05) is 34.5 Å². The van der Waals surface area contributed by atoms with Crippen LogP contribution < -0.4 is 5.32 Å². The van der Waals surface area contributed by atoms with E-state index in [9.17, 15) is 19.5 Å². The summed E-state index contributed by atoms with van der Waals surface area (Å²) in [6.07, 6.45) is 5.55. The molecular weight excluding hydrogens is 484 g/mol. The van der Waals surface area contributed by atoms with Gasteiger partial charge in [0.2, 0.25) is 5.91 Å². The summed E-state index contributed by atoms with van der Waals surface area (Å²) in [5.74, 6) is -1.35. The molecule has 5 rings (SSSR count). The lowest BCUT2D eigenvalue weighted by Crippen LogP contribution is -2.70. The van der Waals surface area contributed by atoms with E-state index in [1.807, 2.05) is 65.4 Å². The summed E-state index contributed by atoms with van der Waals surface area (Å²) in [6.45, 7) is 0.700. The van der Waals surface area contributed by atoms with Crippen molar-refractivity contribution in [2.75, 3.05) is 5.75 Å². The fraction of sp³-hybridized carbons (Fsp3) is 0.200. The molecule has 35 heavy (non-hydrogen) atoms. The molecule has 0 aliphatic carbocycles. The van der Waals surface area contributed by atoms with Crippen molar-refractivity contribution in [1.29, 1.82) is 0 Å². The highest BCUT2D eigenvalue weighted by molar-refractivity contribution is 8.06. The first-order valence-electron chi connectivity index (χ1n) is 11.0. The lowest BCUT2D eigenvalue weighted by molar-refractivity contribution is -0.150. The molecule has 1 aromatic heterocycles. The minimum absolute atomic E-state index is 0.000185. The largest absolute Gasteiger partial charge is 0.477 e. The number of nitrogens with one attached hydrogen (secondary N) is 1. The van der Waals surface area contributed by atoms with Crippen LogP contribution in [0.3, 0.4) is 0 Å². The zero-order valence-corrected chi connectivity index (χ0v) is 20.2. The van der Waals surface area contributed by atoms with Crippen LogP contribution in [-0.2, 0) is 27.3 Å². The predicted octanol–water partition coefficient (Wildman–Crippen LogP) is 2.96. The van der Waals surface area contributed by atoms with Crippen LogP contribution in [0.15, 0.2) is 88.8 Å². The molecule has 2 amide bonds. The van der Waals surface area contributed by atoms with E-state index in [2.05, 4.69) is 10.3 Å². The smallest absolute Gasteiger partial charge is 0.353 e. The number of aromatic nitrogens is 2. The summed E-state index contributed by atoms with van der Waals surface area (Å²) in [5, 5.41) is 12.3. The minimum atomic E-state index is -1.14. The van der Waals surface area contributed by atoms with E-state index in [4.69, 9.17) is 0 Å². The molecule has 1 fully saturated rings. The zero-order valence-electron chi connectivity index (χ0n) is 18.5. The van der Waals surface area contributed by atoms with E-state index in [0.717, 1.165) is 16.0 Å². The molecule has 2 aromatic carbocycles. The fourth-order valence-electron chi connectivity index (χ4n) is 4.07. The average molecular weight is 507 g/mol. The van der Waals surface area contributed by atoms with Crippen molar-refractivity contribution in [3.05, 3.63) is 95.0 Å². The molecule has 0 bridgehead atoms. The molecule has 10 heteroatoms. The first-order chi connectivity index (χ1) is 17.0. The number of hydrogen-bond donors (Lipinski definition) is 2. The number of carboxylic acid groups (broad SMARTS) is 1. The minimum Gasteiger partial charge on any atom is -0.477 e. The summed E-state index contributed by atoms with van der Waals surface area (Å²) in [4.78, 5) is 44.3. The van der Waals surface area contributed by atoms with E-state index >= 15 is 0 Å². The number of carbonyl (C=O) groups excluding carboxylic acids is 2. The van der Waals surface area contributed by atoms with Crippen LogP contribution in [0.2, 0.25) is 0 Å². The second-order valence-corrected chi connectivity index (χ2v) is 10.4. The quantitative estimate of drug-likeness (QED) is 0.453. The molecule has 3 aromatic rings. The van der Waals surface area contributed by atoms with Crippen LogP contribution in [0.25, 0.3) is 0 Å². The predicted molar refractivity (Wildman–Crippen MR) is 133 cm³/mol. The Morgan fingerprint density at radius 1 is 1.11 bits per heavy atom. The van der Waals surface area contributed by atoms with Crippen LogP contribution in [0.5, 0.6) is 0 Å². The number of imidazole rings is 1. The van der Waals surface area contributed by atoms with Gasteiger partial charge in [-0.25, -0.2) is 9.78 Å². The van der Waals surface area contributed by atoms with Crippen LogP contribution in [-0.4, -0.2) is 54.5 Å². The topological polar surface area (TPSA) is 105 Å². The van der Waals surface area contributed by atoms with Gasteiger partial charge in [0.1, 0.15) is 17.1 Å². The van der Waals surface area contributed by atoms with Gasteiger partial charge in [0.05, 0.1) is 12.7 Å². The molecule has 0 radical (unpaired) electrons. The Labute approximate surface area is 210 Å². The highest BCUT2D eigenvalue weighted by Crippen LogP contribution is 2.45. The SMILES string of the molecule is O=C(Cc1ccccc1)N[C@@H]1C(=O)N2C(C(=O)O)=C(Sc3ccc(Cn4ccnc4)cc3)CS[C@H]12. The van der Waals surface area contributed by atoms with Gasteiger partial charge in [-0.15, -0.1) is 11.8 Å². The van der Waals surface area contributed by atoms with Gasteiger partial charge in [-0.1, -0.05) is 54.2 Å². The number of β-lactam (4-membered cyclic amide) rings is 1. The fourth-order valence-corrected chi connectivity index (χ4v) is 6.54. The molecule has 2 aliphatic heterocycles. The van der Waals surface area contributed by atoms with Crippen LogP contribution in [0, 0.1) is 0 Å². The number of carbonyl (C=O) groups is 3. The van der Waals surface area contributed by atoms with Gasteiger partial charge >= 0.3 is 5.97 Å². The maximum Gasteiger partial charge on any atom is 0.353 e. The number of rotatable bonds is 8. The Kier molecular flexibility index (Phi) is 6.65. The van der Waals surface area contributed by atoms with Crippen LogP contribution in [0.1, 0.15) is 11.1 Å². The summed E-state index contributed by atoms with van der Waals surface area (Å²) >= 11 is 2.82. The second-order valence-electron chi connectivity index (χ2n) is 8.18. The average Bonchev–Trinajstić information content (AvgIpc) is 3.37. The van der Waals surface area contributed by atoms with E-state index in [-0.39, 0.29) is 18.0 Å². The van der Waals surface area contributed by atoms with Gasteiger partial charge in [-0.2, -0.15) is 0 Å². The number of amides is 2. The van der Waals surface area contributed by atoms with E-state index < -0.39 is 23.3 Å². The Morgan fingerprint density at radius 3 is 2.57 bits per heavy atom. The van der Waals surface area contributed by atoms with Gasteiger partial charge in [-0.3, -0.25) is 14.5 Å².